The number of ether oxygens (including phenoxy) is 2. The summed E-state index contributed by atoms with van der Waals surface area (Å²) in [7, 11) is 0. The van der Waals surface area contributed by atoms with Gasteiger partial charge in [-0.3, -0.25) is 9.59 Å². The third kappa shape index (κ3) is 4.23. The van der Waals surface area contributed by atoms with Gasteiger partial charge in [0, 0.05) is 6.61 Å². The maximum absolute atomic E-state index is 11.2. The molecule has 0 aliphatic rings. The van der Waals surface area contributed by atoms with Crippen LogP contribution in [-0.2, 0) is 19.1 Å². The first-order valence-electron chi connectivity index (χ1n) is 4.61. The number of hydrogen-bond donors (Lipinski definition) is 1. The first kappa shape index (κ1) is 12.9. The largest absolute Gasteiger partial charge is 0.465 e. The Labute approximate surface area is 83.0 Å². The Bertz CT molecular complexity index is 172. The van der Waals surface area contributed by atoms with E-state index < -0.39 is 17.9 Å². The van der Waals surface area contributed by atoms with Crippen LogP contribution < -0.4 is 0 Å². The van der Waals surface area contributed by atoms with Crippen molar-refractivity contribution in [2.45, 2.75) is 20.3 Å². The molecule has 0 unspecified atom stereocenters. The van der Waals surface area contributed by atoms with Crippen molar-refractivity contribution in [2.75, 3.05) is 19.8 Å². The van der Waals surface area contributed by atoms with Crippen LogP contribution in [0.1, 0.15) is 20.3 Å². The zero-order valence-corrected chi connectivity index (χ0v) is 8.49. The predicted octanol–water partition coefficient (Wildman–Crippen LogP) is 0.111. The van der Waals surface area contributed by atoms with Crippen LogP contribution in [0.2, 0.25) is 0 Å². The molecule has 0 aromatic rings. The lowest BCUT2D eigenvalue weighted by Gasteiger charge is -2.12. The van der Waals surface area contributed by atoms with Gasteiger partial charge in [0.2, 0.25) is 0 Å². The predicted molar refractivity (Wildman–Crippen MR) is 48.5 cm³/mol. The summed E-state index contributed by atoms with van der Waals surface area (Å²) in [5, 5.41) is 8.66. The monoisotopic (exact) mass is 204 g/mol. The summed E-state index contributed by atoms with van der Waals surface area (Å²) in [6, 6.07) is 0. The molecule has 0 aromatic heterocycles. The average molecular weight is 204 g/mol. The molecule has 0 aliphatic heterocycles. The number of aliphatic hydroxyl groups is 1. The molecule has 0 saturated carbocycles. The lowest BCUT2D eigenvalue weighted by atomic mass is 10.1. The van der Waals surface area contributed by atoms with Crippen molar-refractivity contribution in [3.63, 3.8) is 0 Å². The second-order valence-corrected chi connectivity index (χ2v) is 2.57. The van der Waals surface area contributed by atoms with Crippen molar-refractivity contribution < 1.29 is 24.2 Å². The van der Waals surface area contributed by atoms with Gasteiger partial charge in [0.1, 0.15) is 0 Å². The van der Waals surface area contributed by atoms with Crippen LogP contribution in [0.4, 0.5) is 0 Å². The highest BCUT2D eigenvalue weighted by Gasteiger charge is 2.28. The van der Waals surface area contributed by atoms with E-state index in [-0.39, 0.29) is 26.2 Å². The highest BCUT2D eigenvalue weighted by molar-refractivity contribution is 5.94. The summed E-state index contributed by atoms with van der Waals surface area (Å²) >= 11 is 0. The van der Waals surface area contributed by atoms with Gasteiger partial charge < -0.3 is 14.6 Å². The van der Waals surface area contributed by atoms with E-state index in [1.807, 2.05) is 0 Å². The fourth-order valence-corrected chi connectivity index (χ4v) is 0.947. The van der Waals surface area contributed by atoms with Gasteiger partial charge in [0.25, 0.3) is 0 Å². The number of hydrogen-bond acceptors (Lipinski definition) is 5. The molecule has 0 rings (SSSR count). The molecule has 1 N–H and O–H groups in total. The molecule has 0 fully saturated rings. The van der Waals surface area contributed by atoms with Gasteiger partial charge >= 0.3 is 11.9 Å². The molecule has 0 spiro atoms. The molecular weight excluding hydrogens is 188 g/mol. The molecule has 0 aliphatic carbocycles. The molecular formula is C9H16O5. The number of aliphatic hydroxyl groups excluding tert-OH is 1. The first-order valence-corrected chi connectivity index (χ1v) is 4.61. The standard InChI is InChI=1S/C9H16O5/c1-3-13-8(11)7(5-6-10)9(12)14-4-2/h7,10H,3-6H2,1-2H3. The topological polar surface area (TPSA) is 72.8 Å². The van der Waals surface area contributed by atoms with Crippen LogP contribution in [0.5, 0.6) is 0 Å². The van der Waals surface area contributed by atoms with Gasteiger partial charge in [-0.05, 0) is 20.3 Å². The smallest absolute Gasteiger partial charge is 0.320 e. The second-order valence-electron chi connectivity index (χ2n) is 2.57. The molecule has 0 heterocycles. The normalized spacial score (nSPS) is 10.0. The molecule has 14 heavy (non-hydrogen) atoms. The fraction of sp³-hybridized carbons (Fsp3) is 0.778. The van der Waals surface area contributed by atoms with Crippen molar-refractivity contribution in [2.24, 2.45) is 5.92 Å². The highest BCUT2D eigenvalue weighted by Crippen LogP contribution is 2.08. The van der Waals surface area contributed by atoms with Gasteiger partial charge in [-0.2, -0.15) is 0 Å². The molecule has 5 heteroatoms. The van der Waals surface area contributed by atoms with Crippen LogP contribution in [0.25, 0.3) is 0 Å². The molecule has 0 radical (unpaired) electrons. The summed E-state index contributed by atoms with van der Waals surface area (Å²) in [5.74, 6) is -2.28. The van der Waals surface area contributed by atoms with Crippen molar-refractivity contribution in [3.05, 3.63) is 0 Å². The average Bonchev–Trinajstić information content (AvgIpc) is 2.14. The van der Waals surface area contributed by atoms with Crippen LogP contribution in [-0.4, -0.2) is 36.9 Å². The van der Waals surface area contributed by atoms with E-state index in [9.17, 15) is 9.59 Å². The third-order valence-electron chi connectivity index (χ3n) is 1.56. The van der Waals surface area contributed by atoms with Gasteiger partial charge in [0.15, 0.2) is 5.92 Å². The van der Waals surface area contributed by atoms with Gasteiger partial charge in [-0.15, -0.1) is 0 Å². The summed E-state index contributed by atoms with van der Waals surface area (Å²) in [6.07, 6.45) is 0.0394. The van der Waals surface area contributed by atoms with Crippen LogP contribution in [0.3, 0.4) is 0 Å². The van der Waals surface area contributed by atoms with Crippen LogP contribution in [0.15, 0.2) is 0 Å². The Hall–Kier alpha value is -1.10. The summed E-state index contributed by atoms with van der Waals surface area (Å²) in [5.41, 5.74) is 0. The van der Waals surface area contributed by atoms with E-state index in [1.165, 1.54) is 0 Å². The second kappa shape index (κ2) is 7.32. The Morgan fingerprint density at radius 1 is 1.14 bits per heavy atom. The van der Waals surface area contributed by atoms with E-state index >= 15 is 0 Å². The molecule has 0 aromatic carbocycles. The van der Waals surface area contributed by atoms with Crippen molar-refractivity contribution in [1.82, 2.24) is 0 Å². The molecule has 0 atom stereocenters. The first-order chi connectivity index (χ1) is 6.67. The van der Waals surface area contributed by atoms with E-state index in [1.54, 1.807) is 13.8 Å². The summed E-state index contributed by atoms with van der Waals surface area (Å²) in [6.45, 7) is 3.47. The molecule has 0 bridgehead atoms. The highest BCUT2D eigenvalue weighted by atomic mass is 16.6. The SMILES string of the molecule is CCOC(=O)C(CCO)C(=O)OCC. The Balaban J connectivity index is 4.25. The maximum Gasteiger partial charge on any atom is 0.320 e. The van der Waals surface area contributed by atoms with Crippen molar-refractivity contribution in [3.8, 4) is 0 Å². The number of carbonyl (C=O) groups excluding carboxylic acids is 2. The zero-order valence-electron chi connectivity index (χ0n) is 8.49. The third-order valence-corrected chi connectivity index (χ3v) is 1.56. The molecule has 5 nitrogen and oxygen atoms in total. The summed E-state index contributed by atoms with van der Waals surface area (Å²) in [4.78, 5) is 22.4. The molecule has 0 amide bonds. The van der Waals surface area contributed by atoms with Crippen LogP contribution >= 0.6 is 0 Å². The Morgan fingerprint density at radius 2 is 1.57 bits per heavy atom. The molecule has 82 valence electrons. The maximum atomic E-state index is 11.2. The number of rotatable bonds is 6. The van der Waals surface area contributed by atoms with Gasteiger partial charge in [-0.1, -0.05) is 0 Å². The number of esters is 2. The Kier molecular flexibility index (Phi) is 6.74. The van der Waals surface area contributed by atoms with E-state index in [4.69, 9.17) is 5.11 Å². The minimum Gasteiger partial charge on any atom is -0.465 e. The fourth-order valence-electron chi connectivity index (χ4n) is 0.947. The lowest BCUT2D eigenvalue weighted by molar-refractivity contribution is -0.162. The van der Waals surface area contributed by atoms with E-state index in [0.717, 1.165) is 0 Å². The summed E-state index contributed by atoms with van der Waals surface area (Å²) < 4.78 is 9.35. The van der Waals surface area contributed by atoms with Gasteiger partial charge in [-0.25, -0.2) is 0 Å². The molecule has 0 saturated heterocycles. The van der Waals surface area contributed by atoms with E-state index in [2.05, 4.69) is 9.47 Å². The van der Waals surface area contributed by atoms with Crippen molar-refractivity contribution >= 4 is 11.9 Å². The zero-order chi connectivity index (χ0) is 11.0. The lowest BCUT2D eigenvalue weighted by Crippen LogP contribution is -2.28. The minimum absolute atomic E-state index is 0.0394. The number of carbonyl (C=O) groups is 2. The van der Waals surface area contributed by atoms with E-state index in [0.29, 0.717) is 0 Å². The Morgan fingerprint density at radius 3 is 1.86 bits per heavy atom. The van der Waals surface area contributed by atoms with Crippen LogP contribution in [0, 0.1) is 5.92 Å². The van der Waals surface area contributed by atoms with Gasteiger partial charge in [0.05, 0.1) is 13.2 Å². The van der Waals surface area contributed by atoms with Crippen molar-refractivity contribution in [1.29, 1.82) is 0 Å². The minimum atomic E-state index is -1.00. The quantitative estimate of drug-likeness (QED) is 0.491.